The van der Waals surface area contributed by atoms with E-state index >= 15 is 0 Å². The van der Waals surface area contributed by atoms with Crippen molar-refractivity contribution >= 4 is 11.7 Å². The number of fused-ring (bicyclic) bond motifs is 2. The molecule has 0 amide bonds. The van der Waals surface area contributed by atoms with Crippen molar-refractivity contribution in [2.75, 3.05) is 4.90 Å². The van der Waals surface area contributed by atoms with Crippen LogP contribution in [0, 0.1) is 5.92 Å². The maximum atomic E-state index is 13.1. The number of nitrogens with zero attached hydrogens (tertiary/aromatic N) is 1. The number of hydrogen-bond acceptors (Lipinski definition) is 2. The summed E-state index contributed by atoms with van der Waals surface area (Å²) < 4.78 is 39.3. The minimum atomic E-state index is -4.42. The maximum absolute atomic E-state index is 13.1. The number of carbonyl (C=O) groups is 1. The summed E-state index contributed by atoms with van der Waals surface area (Å²) in [6, 6.07) is 5.02. The summed E-state index contributed by atoms with van der Waals surface area (Å²) in [4.78, 5) is 12.9. The fourth-order valence-corrected chi connectivity index (χ4v) is 3.57. The molecule has 3 atom stereocenters. The highest BCUT2D eigenvalue weighted by molar-refractivity contribution is 5.74. The van der Waals surface area contributed by atoms with Gasteiger partial charge in [-0.1, -0.05) is 12.1 Å². The molecule has 0 spiro atoms. The summed E-state index contributed by atoms with van der Waals surface area (Å²) in [5, 5.41) is 9.18. The number of carboxylic acids is 1. The third-order valence-electron chi connectivity index (χ3n) is 4.34. The van der Waals surface area contributed by atoms with E-state index in [9.17, 15) is 23.1 Å². The lowest BCUT2D eigenvalue weighted by atomic mass is 9.89. The molecule has 2 fully saturated rings. The quantitative estimate of drug-likeness (QED) is 0.907. The lowest BCUT2D eigenvalue weighted by Gasteiger charge is -2.28. The zero-order chi connectivity index (χ0) is 14.5. The number of anilines is 1. The molecule has 2 bridgehead atoms. The van der Waals surface area contributed by atoms with Crippen LogP contribution >= 0.6 is 0 Å². The molecule has 2 aliphatic rings. The molecule has 0 saturated carbocycles. The van der Waals surface area contributed by atoms with Crippen LogP contribution in [-0.2, 0) is 11.0 Å². The molecule has 6 heteroatoms. The second kappa shape index (κ2) is 4.40. The van der Waals surface area contributed by atoms with Crippen molar-refractivity contribution in [2.45, 2.75) is 37.5 Å². The van der Waals surface area contributed by atoms with Crippen molar-refractivity contribution in [2.24, 2.45) is 5.92 Å². The molecule has 2 saturated heterocycles. The van der Waals surface area contributed by atoms with Gasteiger partial charge < -0.3 is 10.0 Å². The molecule has 0 aromatic heterocycles. The van der Waals surface area contributed by atoms with Crippen LogP contribution in [0.2, 0.25) is 0 Å². The summed E-state index contributed by atoms with van der Waals surface area (Å²) in [5.41, 5.74) is -0.556. The number of carboxylic acid groups (broad SMARTS) is 1. The molecule has 3 unspecified atom stereocenters. The molecule has 3 rings (SSSR count). The third kappa shape index (κ3) is 1.94. The monoisotopic (exact) mass is 285 g/mol. The van der Waals surface area contributed by atoms with Gasteiger partial charge in [0.05, 0.1) is 11.5 Å². The van der Waals surface area contributed by atoms with Crippen molar-refractivity contribution in [3.05, 3.63) is 29.8 Å². The van der Waals surface area contributed by atoms with Gasteiger partial charge in [0.2, 0.25) is 0 Å². The van der Waals surface area contributed by atoms with Gasteiger partial charge in [-0.05, 0) is 31.4 Å². The van der Waals surface area contributed by atoms with E-state index in [2.05, 4.69) is 0 Å². The Bertz CT molecular complexity index is 543. The van der Waals surface area contributed by atoms with Crippen molar-refractivity contribution < 1.29 is 23.1 Å². The van der Waals surface area contributed by atoms with Gasteiger partial charge in [0.1, 0.15) is 0 Å². The summed E-state index contributed by atoms with van der Waals surface area (Å²) in [6.07, 6.45) is -2.57. The Hall–Kier alpha value is -1.72. The predicted molar refractivity (Wildman–Crippen MR) is 66.5 cm³/mol. The number of benzene rings is 1. The van der Waals surface area contributed by atoms with Crippen LogP contribution < -0.4 is 4.90 Å². The highest BCUT2D eigenvalue weighted by Crippen LogP contribution is 2.48. The first-order valence-corrected chi connectivity index (χ1v) is 6.57. The molecule has 3 nitrogen and oxygen atoms in total. The fraction of sp³-hybridized carbons (Fsp3) is 0.500. The minimum absolute atomic E-state index is 0.0930. The average molecular weight is 285 g/mol. The first-order chi connectivity index (χ1) is 9.39. The summed E-state index contributed by atoms with van der Waals surface area (Å²) in [6.45, 7) is 0. The number of aliphatic carboxylic acids is 1. The zero-order valence-electron chi connectivity index (χ0n) is 10.6. The van der Waals surface area contributed by atoms with Crippen LogP contribution in [0.5, 0.6) is 0 Å². The average Bonchev–Trinajstić information content (AvgIpc) is 2.95. The van der Waals surface area contributed by atoms with E-state index in [0.717, 1.165) is 12.5 Å². The van der Waals surface area contributed by atoms with Crippen molar-refractivity contribution in [1.82, 2.24) is 0 Å². The molecule has 2 heterocycles. The van der Waals surface area contributed by atoms with E-state index in [-0.39, 0.29) is 17.8 Å². The fourth-order valence-electron chi connectivity index (χ4n) is 3.57. The summed E-state index contributed by atoms with van der Waals surface area (Å²) >= 11 is 0. The Morgan fingerprint density at radius 2 is 1.95 bits per heavy atom. The van der Waals surface area contributed by atoms with Crippen molar-refractivity contribution in [3.8, 4) is 0 Å². The van der Waals surface area contributed by atoms with E-state index in [1.807, 2.05) is 0 Å². The molecule has 0 radical (unpaired) electrons. The molecule has 20 heavy (non-hydrogen) atoms. The second-order valence-electron chi connectivity index (χ2n) is 5.40. The van der Waals surface area contributed by atoms with Gasteiger partial charge in [-0.25, -0.2) is 0 Å². The van der Waals surface area contributed by atoms with Gasteiger partial charge in [-0.3, -0.25) is 4.79 Å². The largest absolute Gasteiger partial charge is 0.481 e. The second-order valence-corrected chi connectivity index (χ2v) is 5.40. The van der Waals surface area contributed by atoms with E-state index in [1.165, 1.54) is 12.1 Å². The predicted octanol–water partition coefficient (Wildman–Crippen LogP) is 3.15. The van der Waals surface area contributed by atoms with Gasteiger partial charge in [-0.2, -0.15) is 13.2 Å². The van der Waals surface area contributed by atoms with E-state index < -0.39 is 23.6 Å². The Labute approximate surface area is 114 Å². The number of halogens is 3. The third-order valence-corrected chi connectivity index (χ3v) is 4.34. The number of alkyl halides is 3. The standard InChI is InChI=1S/C14H14F3NO2/c15-14(16,17)10-3-1-2-4-12(10)18-8-5-6-11(18)9(7-8)13(19)20/h1-4,8-9,11H,5-7H2,(H,19,20). The van der Waals surface area contributed by atoms with Crippen LogP contribution in [0.25, 0.3) is 0 Å². The van der Waals surface area contributed by atoms with Crippen molar-refractivity contribution in [3.63, 3.8) is 0 Å². The molecule has 1 N–H and O–H groups in total. The zero-order valence-corrected chi connectivity index (χ0v) is 10.6. The van der Waals surface area contributed by atoms with Gasteiger partial charge in [0.15, 0.2) is 0 Å². The molecular weight excluding hydrogens is 271 g/mol. The highest BCUT2D eigenvalue weighted by Gasteiger charge is 2.51. The van der Waals surface area contributed by atoms with Crippen LogP contribution in [0.1, 0.15) is 24.8 Å². The van der Waals surface area contributed by atoms with Crippen LogP contribution in [0.3, 0.4) is 0 Å². The molecule has 2 aliphatic heterocycles. The molecule has 1 aromatic carbocycles. The Balaban J connectivity index is 2.01. The number of hydrogen-bond donors (Lipinski definition) is 1. The van der Waals surface area contributed by atoms with E-state index in [1.54, 1.807) is 11.0 Å². The minimum Gasteiger partial charge on any atom is -0.481 e. The first kappa shape index (κ1) is 13.3. The van der Waals surface area contributed by atoms with Gasteiger partial charge in [0.25, 0.3) is 0 Å². The Morgan fingerprint density at radius 1 is 1.25 bits per heavy atom. The SMILES string of the molecule is O=C(O)C1CC2CCC1N2c1ccccc1C(F)(F)F. The summed E-state index contributed by atoms with van der Waals surface area (Å²) in [5.74, 6) is -1.47. The van der Waals surface area contributed by atoms with Gasteiger partial charge in [-0.15, -0.1) is 0 Å². The van der Waals surface area contributed by atoms with E-state index in [0.29, 0.717) is 12.8 Å². The van der Waals surface area contributed by atoms with E-state index in [4.69, 9.17) is 0 Å². The lowest BCUT2D eigenvalue weighted by molar-refractivity contribution is -0.142. The highest BCUT2D eigenvalue weighted by atomic mass is 19.4. The van der Waals surface area contributed by atoms with Crippen LogP contribution in [0.4, 0.5) is 18.9 Å². The Morgan fingerprint density at radius 3 is 2.55 bits per heavy atom. The smallest absolute Gasteiger partial charge is 0.418 e. The maximum Gasteiger partial charge on any atom is 0.418 e. The summed E-state index contributed by atoms with van der Waals surface area (Å²) in [7, 11) is 0. The number of para-hydroxylation sites is 1. The van der Waals surface area contributed by atoms with Gasteiger partial charge in [0, 0.05) is 17.8 Å². The first-order valence-electron chi connectivity index (χ1n) is 6.57. The molecule has 1 aromatic rings. The van der Waals surface area contributed by atoms with Crippen LogP contribution in [0.15, 0.2) is 24.3 Å². The number of rotatable bonds is 2. The lowest BCUT2D eigenvalue weighted by Crippen LogP contribution is -2.34. The topological polar surface area (TPSA) is 40.5 Å². The van der Waals surface area contributed by atoms with Gasteiger partial charge >= 0.3 is 12.1 Å². The molecule has 108 valence electrons. The van der Waals surface area contributed by atoms with Crippen LogP contribution in [-0.4, -0.2) is 23.2 Å². The Kier molecular flexibility index (Phi) is 2.92. The molecular formula is C14H14F3NO2. The normalized spacial score (nSPS) is 28.9. The van der Waals surface area contributed by atoms with Crippen molar-refractivity contribution in [1.29, 1.82) is 0 Å². The molecule has 0 aliphatic carbocycles.